The van der Waals surface area contributed by atoms with Crippen molar-refractivity contribution in [2.45, 2.75) is 64.4 Å². The Morgan fingerprint density at radius 2 is 1.65 bits per heavy atom. The Morgan fingerprint density at radius 3 is 2.16 bits per heavy atom. The number of benzene rings is 1. The SMILES string of the molecule is CCN(CC)S(=O)(=O)c1cc(C)c(C)c(NC(=O)CCc2c(C)nc(SC)nc2C)c1. The molecular formula is C22H32N4O3S2. The van der Waals surface area contributed by atoms with E-state index in [-0.39, 0.29) is 17.2 Å². The Balaban J connectivity index is 2.23. The van der Waals surface area contributed by atoms with Gasteiger partial charge in [-0.1, -0.05) is 25.6 Å². The van der Waals surface area contributed by atoms with Gasteiger partial charge in [-0.2, -0.15) is 4.31 Å². The van der Waals surface area contributed by atoms with E-state index < -0.39 is 10.0 Å². The second-order valence-electron chi connectivity index (χ2n) is 7.41. The summed E-state index contributed by atoms with van der Waals surface area (Å²) in [5.74, 6) is -0.173. The molecule has 0 atom stereocenters. The first kappa shape index (κ1) is 25.3. The lowest BCUT2D eigenvalue weighted by molar-refractivity contribution is -0.116. The topological polar surface area (TPSA) is 92.3 Å². The van der Waals surface area contributed by atoms with Gasteiger partial charge in [-0.15, -0.1) is 0 Å². The minimum absolute atomic E-state index is 0.173. The summed E-state index contributed by atoms with van der Waals surface area (Å²) in [6.07, 6.45) is 2.71. The van der Waals surface area contributed by atoms with Crippen LogP contribution in [0.1, 0.15) is 48.3 Å². The van der Waals surface area contributed by atoms with E-state index in [1.54, 1.807) is 12.1 Å². The Bertz CT molecular complexity index is 1040. The molecule has 7 nitrogen and oxygen atoms in total. The molecule has 0 saturated heterocycles. The fraction of sp³-hybridized carbons (Fsp3) is 0.500. The quantitative estimate of drug-likeness (QED) is 0.445. The number of aromatic nitrogens is 2. The number of aryl methyl sites for hydroxylation is 3. The van der Waals surface area contributed by atoms with Crippen LogP contribution < -0.4 is 5.32 Å². The molecule has 0 spiro atoms. The molecule has 0 unspecified atom stereocenters. The molecule has 0 fully saturated rings. The van der Waals surface area contributed by atoms with Gasteiger partial charge in [0, 0.05) is 36.6 Å². The van der Waals surface area contributed by atoms with Crippen LogP contribution in [0.25, 0.3) is 0 Å². The van der Waals surface area contributed by atoms with Gasteiger partial charge in [-0.3, -0.25) is 4.79 Å². The second kappa shape index (κ2) is 10.6. The summed E-state index contributed by atoms with van der Waals surface area (Å²) in [7, 11) is -3.61. The molecule has 170 valence electrons. The number of nitrogens with zero attached hydrogens (tertiary/aromatic N) is 3. The number of rotatable bonds is 9. The Labute approximate surface area is 190 Å². The van der Waals surface area contributed by atoms with Gasteiger partial charge in [0.2, 0.25) is 15.9 Å². The van der Waals surface area contributed by atoms with E-state index in [1.807, 2.05) is 47.8 Å². The third-order valence-corrected chi connectivity index (χ3v) is 8.02. The van der Waals surface area contributed by atoms with E-state index in [1.165, 1.54) is 16.1 Å². The molecular weight excluding hydrogens is 432 g/mol. The summed E-state index contributed by atoms with van der Waals surface area (Å²) in [5, 5.41) is 3.63. The number of hydrogen-bond donors (Lipinski definition) is 1. The number of anilines is 1. The first-order valence-electron chi connectivity index (χ1n) is 10.3. The Morgan fingerprint density at radius 1 is 1.06 bits per heavy atom. The summed E-state index contributed by atoms with van der Waals surface area (Å²) in [6, 6.07) is 3.22. The number of carbonyl (C=O) groups is 1. The smallest absolute Gasteiger partial charge is 0.243 e. The summed E-state index contributed by atoms with van der Waals surface area (Å²) < 4.78 is 27.3. The van der Waals surface area contributed by atoms with E-state index in [0.29, 0.717) is 25.2 Å². The van der Waals surface area contributed by atoms with Crippen molar-refractivity contribution >= 4 is 33.4 Å². The number of sulfonamides is 1. The van der Waals surface area contributed by atoms with Crippen LogP contribution in [0.5, 0.6) is 0 Å². The number of carbonyl (C=O) groups excluding carboxylic acids is 1. The van der Waals surface area contributed by atoms with E-state index in [4.69, 9.17) is 0 Å². The summed E-state index contributed by atoms with van der Waals surface area (Å²) >= 11 is 1.49. The van der Waals surface area contributed by atoms with Crippen molar-refractivity contribution in [2.24, 2.45) is 0 Å². The molecule has 0 aliphatic rings. The van der Waals surface area contributed by atoms with Gasteiger partial charge in [0.15, 0.2) is 5.16 Å². The molecule has 1 amide bonds. The molecule has 31 heavy (non-hydrogen) atoms. The fourth-order valence-corrected chi connectivity index (χ4v) is 5.46. The number of thioether (sulfide) groups is 1. The largest absolute Gasteiger partial charge is 0.326 e. The van der Waals surface area contributed by atoms with Crippen LogP contribution in [0.4, 0.5) is 5.69 Å². The zero-order valence-electron chi connectivity index (χ0n) is 19.4. The van der Waals surface area contributed by atoms with Gasteiger partial charge in [0.05, 0.1) is 4.90 Å². The highest BCUT2D eigenvalue weighted by atomic mass is 32.2. The molecule has 0 aliphatic carbocycles. The fourth-order valence-electron chi connectivity index (χ4n) is 3.43. The maximum atomic E-state index is 12.9. The summed E-state index contributed by atoms with van der Waals surface area (Å²) in [6.45, 7) is 12.0. The highest BCUT2D eigenvalue weighted by Gasteiger charge is 2.23. The first-order chi connectivity index (χ1) is 14.5. The van der Waals surface area contributed by atoms with Crippen molar-refractivity contribution in [1.82, 2.24) is 14.3 Å². The third kappa shape index (κ3) is 5.84. The normalized spacial score (nSPS) is 11.7. The molecule has 0 bridgehead atoms. The zero-order valence-corrected chi connectivity index (χ0v) is 21.0. The molecule has 0 radical (unpaired) electrons. The molecule has 0 aliphatic heterocycles. The lowest BCUT2D eigenvalue weighted by atomic mass is 10.1. The van der Waals surface area contributed by atoms with Crippen molar-refractivity contribution in [3.63, 3.8) is 0 Å². The van der Waals surface area contributed by atoms with Crippen LogP contribution in [0.3, 0.4) is 0 Å². The van der Waals surface area contributed by atoms with E-state index in [9.17, 15) is 13.2 Å². The lowest BCUT2D eigenvalue weighted by Crippen LogP contribution is -2.30. The Hall–Kier alpha value is -1.97. The highest BCUT2D eigenvalue weighted by Crippen LogP contribution is 2.26. The molecule has 1 aromatic carbocycles. The summed E-state index contributed by atoms with van der Waals surface area (Å²) in [5.41, 5.74) is 4.92. The first-order valence-corrected chi connectivity index (χ1v) is 13.0. The summed E-state index contributed by atoms with van der Waals surface area (Å²) in [4.78, 5) is 21.8. The molecule has 2 rings (SSSR count). The van der Waals surface area contributed by atoms with E-state index >= 15 is 0 Å². The average molecular weight is 465 g/mol. The van der Waals surface area contributed by atoms with Crippen molar-refractivity contribution < 1.29 is 13.2 Å². The van der Waals surface area contributed by atoms with E-state index in [0.717, 1.165) is 33.2 Å². The van der Waals surface area contributed by atoms with Gasteiger partial charge in [-0.05, 0) is 69.2 Å². The van der Waals surface area contributed by atoms with Gasteiger partial charge in [0.1, 0.15) is 0 Å². The Kier molecular flexibility index (Phi) is 8.62. The number of amides is 1. The second-order valence-corrected chi connectivity index (χ2v) is 10.1. The minimum atomic E-state index is -3.61. The van der Waals surface area contributed by atoms with Crippen LogP contribution in [0.15, 0.2) is 22.2 Å². The standard InChI is InChI=1S/C22H32N4O3S2/c1-8-26(9-2)31(28,29)18-12-14(3)15(4)20(13-18)25-21(27)11-10-19-16(5)23-22(30-7)24-17(19)6/h12-13H,8-11H2,1-7H3,(H,25,27). The molecule has 1 N–H and O–H groups in total. The van der Waals surface area contributed by atoms with Crippen LogP contribution in [-0.2, 0) is 21.2 Å². The zero-order chi connectivity index (χ0) is 23.3. The van der Waals surface area contributed by atoms with Crippen molar-refractivity contribution in [3.8, 4) is 0 Å². The van der Waals surface area contributed by atoms with Crippen LogP contribution in [-0.4, -0.2) is 47.9 Å². The molecule has 9 heteroatoms. The van der Waals surface area contributed by atoms with Gasteiger partial charge < -0.3 is 5.32 Å². The lowest BCUT2D eigenvalue weighted by Gasteiger charge is -2.20. The van der Waals surface area contributed by atoms with Crippen molar-refractivity contribution in [3.05, 3.63) is 40.2 Å². The van der Waals surface area contributed by atoms with E-state index in [2.05, 4.69) is 15.3 Å². The molecule has 1 heterocycles. The third-order valence-electron chi connectivity index (χ3n) is 5.44. The maximum absolute atomic E-state index is 12.9. The molecule has 1 aromatic heterocycles. The maximum Gasteiger partial charge on any atom is 0.243 e. The van der Waals surface area contributed by atoms with Gasteiger partial charge in [-0.25, -0.2) is 18.4 Å². The monoisotopic (exact) mass is 464 g/mol. The predicted molar refractivity (Wildman–Crippen MR) is 126 cm³/mol. The van der Waals surface area contributed by atoms with Gasteiger partial charge in [0.25, 0.3) is 0 Å². The highest BCUT2D eigenvalue weighted by molar-refractivity contribution is 7.98. The van der Waals surface area contributed by atoms with Crippen molar-refractivity contribution in [2.75, 3.05) is 24.7 Å². The van der Waals surface area contributed by atoms with Gasteiger partial charge >= 0.3 is 0 Å². The number of nitrogens with one attached hydrogen (secondary N) is 1. The predicted octanol–water partition coefficient (Wildman–Crippen LogP) is 4.03. The molecule has 2 aromatic rings. The number of hydrogen-bond acceptors (Lipinski definition) is 6. The van der Waals surface area contributed by atoms with Crippen LogP contribution in [0.2, 0.25) is 0 Å². The van der Waals surface area contributed by atoms with Crippen LogP contribution >= 0.6 is 11.8 Å². The minimum Gasteiger partial charge on any atom is -0.326 e. The average Bonchev–Trinajstić information content (AvgIpc) is 2.71. The molecule has 0 saturated carbocycles. The van der Waals surface area contributed by atoms with Crippen molar-refractivity contribution in [1.29, 1.82) is 0 Å². The van der Waals surface area contributed by atoms with Crippen LogP contribution in [0, 0.1) is 27.7 Å².